The molecule has 10 aliphatic heterocycles. The Balaban J connectivity index is 0.000000139. The van der Waals surface area contributed by atoms with Gasteiger partial charge in [-0.15, -0.1) is 0 Å². The highest BCUT2D eigenvalue weighted by Gasteiger charge is 2.66. The number of hydrogen-bond donors (Lipinski definition) is 18. The fourth-order valence-corrected chi connectivity index (χ4v) is 23.9. The summed E-state index contributed by atoms with van der Waals surface area (Å²) in [4.78, 5) is 0. The van der Waals surface area contributed by atoms with Crippen molar-refractivity contribution in [3.8, 4) is 0 Å². The van der Waals surface area contributed by atoms with E-state index in [2.05, 4.69) is 85.1 Å². The van der Waals surface area contributed by atoms with Gasteiger partial charge in [-0.05, 0) is 142 Å². The Morgan fingerprint density at radius 1 is 0.178 bits per heavy atom. The van der Waals surface area contributed by atoms with Gasteiger partial charge in [-0.1, -0.05) is 64.2 Å². The van der Waals surface area contributed by atoms with Crippen molar-refractivity contribution in [3.05, 3.63) is 0 Å². The predicted molar refractivity (Wildman–Crippen MR) is 319 cm³/mol. The number of hydrogen-bond acceptors (Lipinski definition) is 18. The minimum atomic E-state index is -2.55. The number of nitrogens with one attached hydrogen (secondary N) is 16. The van der Waals surface area contributed by atoms with Gasteiger partial charge in [-0.2, -0.15) is 0 Å². The topological polar surface area (TPSA) is 233 Å². The van der Waals surface area contributed by atoms with Crippen LogP contribution < -0.4 is 85.1 Å². The van der Waals surface area contributed by atoms with Crippen LogP contribution in [0.2, 0.25) is 0 Å². The number of rotatable bonds is 0. The van der Waals surface area contributed by atoms with E-state index in [4.69, 9.17) is 0 Å². The summed E-state index contributed by atoms with van der Waals surface area (Å²) in [6.45, 7) is 0. The summed E-state index contributed by atoms with van der Waals surface area (Å²) in [5.41, 5.74) is 0. The smallest absolute Gasteiger partial charge is 0.165 e. The van der Waals surface area contributed by atoms with Crippen molar-refractivity contribution < 1.29 is 45.3 Å². The molecule has 0 radical (unpaired) electrons. The van der Waals surface area contributed by atoms with Crippen molar-refractivity contribution in [1.29, 1.82) is 0 Å². The van der Waals surface area contributed by atoms with Gasteiger partial charge >= 0.3 is 0 Å². The lowest BCUT2D eigenvalue weighted by molar-refractivity contribution is -0.0844. The Kier molecular flexibility index (Phi) is 17.2. The molecule has 42 atom stereocenters. The van der Waals surface area contributed by atoms with E-state index in [1.807, 2.05) is 0 Å². The molecule has 0 aromatic rings. The van der Waals surface area contributed by atoms with E-state index in [-0.39, 0.29) is 79.7 Å². The fourth-order valence-electron chi connectivity index (χ4n) is 23.9. The van der Waals surface area contributed by atoms with Gasteiger partial charge in [0, 0.05) is 29.6 Å². The molecule has 18 rings (SSSR count). The van der Waals surface area contributed by atoms with Gasteiger partial charge in [0.15, 0.2) is 24.7 Å². The number of halogens is 8. The third-order valence-electron chi connectivity index (χ3n) is 28.0. The van der Waals surface area contributed by atoms with E-state index in [1.165, 1.54) is 51.4 Å². The maximum Gasteiger partial charge on any atom is 0.165 e. The third-order valence-corrected chi connectivity index (χ3v) is 28.0. The Bertz CT molecular complexity index is 2450. The van der Waals surface area contributed by atoms with E-state index in [9.17, 15) is 27.8 Å². The average molecular weight is 1280 g/mol. The normalized spacial score (nSPS) is 60.9. The van der Waals surface area contributed by atoms with Crippen LogP contribution >= 0.6 is 0 Å². The first-order chi connectivity index (χ1) is 43.7. The summed E-state index contributed by atoms with van der Waals surface area (Å²) in [6.07, 6.45) is 0.276. The molecule has 10 heterocycles. The molecular weight excluding hydrogens is 1180 g/mol. The van der Waals surface area contributed by atoms with Crippen LogP contribution in [0.25, 0.3) is 0 Å². The molecule has 0 aromatic heterocycles. The summed E-state index contributed by atoms with van der Waals surface area (Å²) in [5, 5.41) is 82.2. The standard InChI is InChI=1S/C32H52F4N8O2.C32H52F4N8/c33-20-18-19(21(34)23(36)22(20)35)32-43-30-17-15(9-10-16(45)24(17)46)29(42-30)40-27-12-6-2-1-5-11(12)25(38-27)37-26-13-7-3-4-8-14(13)28(39-26)41-31(18)44-32;33-21-19-20(22(34)24(36)23(21)35)32-43-30-18-12-6-4-10-16(18)28(41-30)39-26-14-8-2-1-7-13(14)25(37-26)38-27-15-9-3-5-11-17(15)29(40-27)42-31(19)44-32/h11-32,37-46H,1-10H2;13-32,37-44H,1-12H2. The van der Waals surface area contributed by atoms with Crippen LogP contribution in [0, 0.1) is 94.7 Å². The van der Waals surface area contributed by atoms with Crippen LogP contribution in [0.15, 0.2) is 0 Å². The highest BCUT2D eigenvalue weighted by molar-refractivity contribution is 5.17. The van der Waals surface area contributed by atoms with Crippen molar-refractivity contribution in [3.63, 3.8) is 0 Å². The maximum atomic E-state index is 15.8. The lowest BCUT2D eigenvalue weighted by atomic mass is 9.73. The molecule has 90 heavy (non-hydrogen) atoms. The zero-order valence-corrected chi connectivity index (χ0v) is 51.7. The minimum Gasteiger partial charge on any atom is -0.390 e. The summed E-state index contributed by atoms with van der Waals surface area (Å²) in [5.74, 6) is -0.576. The third kappa shape index (κ3) is 10.5. The molecule has 8 saturated carbocycles. The quantitative estimate of drug-likeness (QED) is 0.156. The SMILES string of the molecule is FC1C(F)C(F)C2C3NC4NC(NC5NC(NC6NC(NC(N3)C2C1F)C1CCCCC61)C1CCCCC51)C1CCCCC41.OC1CCC2C3NC4NC(NC5NC(NC6NC(NC(N3)C2C1O)C1C(F)C(F)C(F)C(F)C61)C1CCCCC51)C1CCCCC41. The molecule has 26 heteroatoms. The molecule has 18 N–H and O–H groups in total. The maximum absolute atomic E-state index is 15.8. The summed E-state index contributed by atoms with van der Waals surface area (Å²) in [7, 11) is 0. The summed E-state index contributed by atoms with van der Waals surface area (Å²) < 4.78 is 123. The van der Waals surface area contributed by atoms with E-state index in [1.54, 1.807) is 0 Å². The molecule has 508 valence electrons. The van der Waals surface area contributed by atoms with Crippen LogP contribution in [-0.2, 0) is 0 Å². The highest BCUT2D eigenvalue weighted by Crippen LogP contribution is 2.51. The molecule has 10 saturated heterocycles. The van der Waals surface area contributed by atoms with Gasteiger partial charge in [0.1, 0.15) is 24.7 Å². The molecule has 8 aliphatic carbocycles. The highest BCUT2D eigenvalue weighted by atomic mass is 19.2. The molecule has 18 fully saturated rings. The Morgan fingerprint density at radius 2 is 0.344 bits per heavy atom. The minimum absolute atomic E-state index is 0.0274. The number of aliphatic hydroxyl groups excluding tert-OH is 2. The van der Waals surface area contributed by atoms with E-state index < -0.39 is 122 Å². The lowest BCUT2D eigenvalue weighted by Crippen LogP contribution is -2.62. The number of alkyl halides is 8. The first-order valence-electron chi connectivity index (χ1n) is 36.4. The van der Waals surface area contributed by atoms with Crippen LogP contribution in [0.1, 0.15) is 141 Å². The molecule has 0 spiro atoms. The van der Waals surface area contributed by atoms with Crippen molar-refractivity contribution in [1.82, 2.24) is 85.1 Å². The second kappa shape index (κ2) is 24.9. The summed E-state index contributed by atoms with van der Waals surface area (Å²) >= 11 is 0. The Hall–Kier alpha value is -1.28. The zero-order chi connectivity index (χ0) is 61.1. The van der Waals surface area contributed by atoms with Gasteiger partial charge < -0.3 is 10.2 Å². The fraction of sp³-hybridized carbons (Fsp3) is 1.00. The van der Waals surface area contributed by atoms with E-state index >= 15 is 17.6 Å². The molecule has 18 nitrogen and oxygen atoms in total. The van der Waals surface area contributed by atoms with Crippen LogP contribution in [0.4, 0.5) is 35.1 Å². The molecular formula is C64H104F8N16O2. The van der Waals surface area contributed by atoms with Gasteiger partial charge in [-0.25, -0.2) is 35.1 Å². The molecule has 0 aromatic carbocycles. The van der Waals surface area contributed by atoms with Crippen LogP contribution in [-0.4, -0.2) is 170 Å². The number of aliphatic hydroxyl groups is 2. The Labute approximate surface area is 524 Å². The van der Waals surface area contributed by atoms with Crippen LogP contribution in [0.3, 0.4) is 0 Å². The van der Waals surface area contributed by atoms with E-state index in [0.29, 0.717) is 66.1 Å². The Morgan fingerprint density at radius 3 is 0.556 bits per heavy atom. The second-order valence-corrected chi connectivity index (χ2v) is 32.1. The van der Waals surface area contributed by atoms with Crippen molar-refractivity contribution in [2.45, 2.75) is 301 Å². The van der Waals surface area contributed by atoms with Gasteiger partial charge in [0.25, 0.3) is 0 Å². The average Bonchev–Trinajstić information content (AvgIpc) is 1.63. The lowest BCUT2D eigenvalue weighted by Gasteiger charge is -2.41. The summed E-state index contributed by atoms with van der Waals surface area (Å²) in [6, 6.07) is 0. The number of fused-ring (bicyclic) bond motifs is 40. The monoisotopic (exact) mass is 1280 g/mol. The predicted octanol–water partition coefficient (Wildman–Crippen LogP) is 2.74. The first kappa shape index (κ1) is 62.3. The molecule has 18 aliphatic rings. The molecule has 16 bridgehead atoms. The van der Waals surface area contributed by atoms with Gasteiger partial charge in [0.2, 0.25) is 0 Å². The van der Waals surface area contributed by atoms with Crippen molar-refractivity contribution >= 4 is 0 Å². The molecule has 42 unspecified atom stereocenters. The molecule has 0 amide bonds. The van der Waals surface area contributed by atoms with Crippen molar-refractivity contribution in [2.75, 3.05) is 0 Å². The largest absolute Gasteiger partial charge is 0.390 e. The van der Waals surface area contributed by atoms with Gasteiger partial charge in [-0.3, -0.25) is 85.1 Å². The van der Waals surface area contributed by atoms with E-state index in [0.717, 1.165) is 77.0 Å². The first-order valence-corrected chi connectivity index (χ1v) is 36.4. The van der Waals surface area contributed by atoms with Crippen LogP contribution in [0.5, 0.6) is 0 Å². The second-order valence-electron chi connectivity index (χ2n) is 32.1. The zero-order valence-electron chi connectivity index (χ0n) is 51.7. The van der Waals surface area contributed by atoms with Gasteiger partial charge in [0.05, 0.1) is 111 Å². The van der Waals surface area contributed by atoms with Crippen molar-refractivity contribution in [2.24, 2.45) is 94.7 Å².